The molecule has 0 aliphatic heterocycles. The molecule has 2 aromatic rings. The molecule has 2 heterocycles. The highest BCUT2D eigenvalue weighted by molar-refractivity contribution is 8.00. The predicted octanol–water partition coefficient (Wildman–Crippen LogP) is 2.80. The summed E-state index contributed by atoms with van der Waals surface area (Å²) in [6, 6.07) is 1.50. The zero-order valence-corrected chi connectivity index (χ0v) is 14.8. The van der Waals surface area contributed by atoms with Crippen molar-refractivity contribution in [3.8, 4) is 0 Å². The Morgan fingerprint density at radius 2 is 2.26 bits per heavy atom. The van der Waals surface area contributed by atoms with E-state index in [4.69, 9.17) is 23.2 Å². The molecule has 1 amide bonds. The van der Waals surface area contributed by atoms with E-state index in [1.807, 2.05) is 6.92 Å². The number of rotatable bonds is 6. The summed E-state index contributed by atoms with van der Waals surface area (Å²) in [5, 5.41) is 9.58. The zero-order chi connectivity index (χ0) is 17.0. The first-order valence-electron chi connectivity index (χ1n) is 6.86. The van der Waals surface area contributed by atoms with Crippen LogP contribution in [0.4, 0.5) is 5.82 Å². The molecule has 7 nitrogen and oxygen atoms in total. The molecule has 2 rings (SSSR count). The van der Waals surface area contributed by atoms with Gasteiger partial charge in [-0.15, -0.1) is 5.10 Å². The van der Waals surface area contributed by atoms with Gasteiger partial charge in [-0.25, -0.2) is 14.9 Å². The second-order valence-electron chi connectivity index (χ2n) is 4.70. The van der Waals surface area contributed by atoms with Gasteiger partial charge in [-0.2, -0.15) is 0 Å². The number of aromatic nitrogens is 4. The van der Waals surface area contributed by atoms with Gasteiger partial charge in [-0.1, -0.05) is 41.9 Å². The molecule has 0 radical (unpaired) electrons. The van der Waals surface area contributed by atoms with E-state index in [1.54, 1.807) is 6.92 Å². The molecular formula is C13H15Cl2N5O2S. The molecule has 0 saturated heterocycles. The van der Waals surface area contributed by atoms with E-state index in [9.17, 15) is 9.59 Å². The number of anilines is 1. The largest absolute Gasteiger partial charge is 0.343 e. The monoisotopic (exact) mass is 375 g/mol. The number of halogens is 2. The van der Waals surface area contributed by atoms with E-state index in [-0.39, 0.29) is 22.4 Å². The molecular weight excluding hydrogens is 361 g/mol. The van der Waals surface area contributed by atoms with Crippen LogP contribution in [-0.4, -0.2) is 30.9 Å². The van der Waals surface area contributed by atoms with Gasteiger partial charge in [0.2, 0.25) is 5.91 Å². The fraction of sp³-hybridized carbons (Fsp3) is 0.385. The van der Waals surface area contributed by atoms with Crippen molar-refractivity contribution in [3.05, 3.63) is 32.8 Å². The van der Waals surface area contributed by atoms with Crippen molar-refractivity contribution < 1.29 is 4.79 Å². The van der Waals surface area contributed by atoms with E-state index in [1.165, 1.54) is 28.6 Å². The second-order valence-corrected chi connectivity index (χ2v) is 6.85. The maximum absolute atomic E-state index is 12.2. The summed E-state index contributed by atoms with van der Waals surface area (Å²) in [7, 11) is 0. The summed E-state index contributed by atoms with van der Waals surface area (Å²) in [6.45, 7) is 4.20. The number of hydrogen-bond acceptors (Lipinski definition) is 5. The minimum atomic E-state index is -0.491. The van der Waals surface area contributed by atoms with E-state index in [0.29, 0.717) is 16.7 Å². The molecule has 0 fully saturated rings. The third kappa shape index (κ3) is 4.49. The lowest BCUT2D eigenvalue weighted by Gasteiger charge is -2.12. The average Bonchev–Trinajstić information content (AvgIpc) is 2.83. The van der Waals surface area contributed by atoms with Crippen molar-refractivity contribution in [2.24, 2.45) is 0 Å². The number of nitrogens with one attached hydrogen (secondary N) is 2. The van der Waals surface area contributed by atoms with Gasteiger partial charge in [0.05, 0.1) is 15.3 Å². The SMILES string of the molecule is CCCn1c(S[C@@H](C)C(=O)Nc2ncc(Cl)cc2Cl)n[nH]c1=O. The topological polar surface area (TPSA) is 92.7 Å². The highest BCUT2D eigenvalue weighted by atomic mass is 35.5. The van der Waals surface area contributed by atoms with Crippen LogP contribution in [0.25, 0.3) is 0 Å². The molecule has 0 spiro atoms. The normalized spacial score (nSPS) is 12.2. The number of amides is 1. The first kappa shape index (κ1) is 17.8. The van der Waals surface area contributed by atoms with Crippen LogP contribution >= 0.6 is 35.0 Å². The Hall–Kier alpha value is -1.51. The summed E-state index contributed by atoms with van der Waals surface area (Å²) in [5.74, 6) is -0.0632. The summed E-state index contributed by atoms with van der Waals surface area (Å²) >= 11 is 12.9. The van der Waals surface area contributed by atoms with Crippen LogP contribution < -0.4 is 11.0 Å². The van der Waals surface area contributed by atoms with Gasteiger partial charge >= 0.3 is 5.69 Å². The fourth-order valence-corrected chi connectivity index (χ4v) is 3.06. The molecule has 0 aliphatic rings. The molecule has 2 aromatic heterocycles. The van der Waals surface area contributed by atoms with Crippen molar-refractivity contribution in [1.82, 2.24) is 19.7 Å². The quantitative estimate of drug-likeness (QED) is 0.757. The zero-order valence-electron chi connectivity index (χ0n) is 12.5. The Kier molecular flexibility index (Phi) is 6.09. The van der Waals surface area contributed by atoms with Crippen molar-refractivity contribution in [3.63, 3.8) is 0 Å². The van der Waals surface area contributed by atoms with E-state index < -0.39 is 5.25 Å². The van der Waals surface area contributed by atoms with Crippen LogP contribution in [0.2, 0.25) is 10.0 Å². The van der Waals surface area contributed by atoms with Crippen LogP contribution in [0.5, 0.6) is 0 Å². The van der Waals surface area contributed by atoms with Gasteiger partial charge in [0.15, 0.2) is 11.0 Å². The van der Waals surface area contributed by atoms with Crippen LogP contribution in [0.1, 0.15) is 20.3 Å². The van der Waals surface area contributed by atoms with Gasteiger partial charge in [0.1, 0.15) is 0 Å². The van der Waals surface area contributed by atoms with E-state index in [0.717, 1.165) is 6.42 Å². The highest BCUT2D eigenvalue weighted by Gasteiger charge is 2.20. The summed E-state index contributed by atoms with van der Waals surface area (Å²) in [5.41, 5.74) is -0.288. The molecule has 1 atom stereocenters. The standard InChI is InChI=1S/C13H15Cl2N5O2S/c1-3-4-20-12(22)18-19-13(20)23-7(2)11(21)17-10-9(15)5-8(14)6-16-10/h5-7H,3-4H2,1-2H3,(H,18,22)(H,16,17,21)/t7-/m0/s1. The lowest BCUT2D eigenvalue weighted by molar-refractivity contribution is -0.115. The minimum absolute atomic E-state index is 0.237. The summed E-state index contributed by atoms with van der Waals surface area (Å²) < 4.78 is 1.50. The maximum Gasteiger partial charge on any atom is 0.343 e. The van der Waals surface area contributed by atoms with Crippen LogP contribution in [0.3, 0.4) is 0 Å². The molecule has 2 N–H and O–H groups in total. The van der Waals surface area contributed by atoms with Crippen molar-refractivity contribution in [2.45, 2.75) is 37.2 Å². The first-order chi connectivity index (χ1) is 10.9. The number of carbonyl (C=O) groups is 1. The highest BCUT2D eigenvalue weighted by Crippen LogP contribution is 2.25. The number of nitrogens with zero attached hydrogens (tertiary/aromatic N) is 3. The fourth-order valence-electron chi connectivity index (χ4n) is 1.75. The summed E-state index contributed by atoms with van der Waals surface area (Å²) in [4.78, 5) is 27.9. The molecule has 0 unspecified atom stereocenters. The number of H-pyrrole nitrogens is 1. The van der Waals surface area contributed by atoms with Crippen LogP contribution in [-0.2, 0) is 11.3 Å². The molecule has 0 aliphatic carbocycles. The molecule has 10 heteroatoms. The smallest absolute Gasteiger partial charge is 0.308 e. The number of carbonyl (C=O) groups excluding carboxylic acids is 1. The number of hydrogen-bond donors (Lipinski definition) is 2. The van der Waals surface area contributed by atoms with E-state index in [2.05, 4.69) is 20.5 Å². The lowest BCUT2D eigenvalue weighted by Crippen LogP contribution is -2.24. The van der Waals surface area contributed by atoms with Gasteiger partial charge in [-0.05, 0) is 19.4 Å². The number of aromatic amines is 1. The van der Waals surface area contributed by atoms with Gasteiger partial charge in [0.25, 0.3) is 0 Å². The predicted molar refractivity (Wildman–Crippen MR) is 91.3 cm³/mol. The van der Waals surface area contributed by atoms with Crippen molar-refractivity contribution in [2.75, 3.05) is 5.32 Å². The second kappa shape index (κ2) is 7.85. The van der Waals surface area contributed by atoms with Crippen molar-refractivity contribution in [1.29, 1.82) is 0 Å². The summed E-state index contributed by atoms with van der Waals surface area (Å²) in [6.07, 6.45) is 2.19. The number of pyridine rings is 1. The maximum atomic E-state index is 12.2. The Labute approximate surface area is 146 Å². The molecule has 0 saturated carbocycles. The lowest BCUT2D eigenvalue weighted by atomic mass is 10.4. The van der Waals surface area contributed by atoms with Gasteiger partial charge < -0.3 is 5.32 Å². The Morgan fingerprint density at radius 1 is 1.52 bits per heavy atom. The Bertz CT molecular complexity index is 761. The van der Waals surface area contributed by atoms with E-state index >= 15 is 0 Å². The molecule has 0 bridgehead atoms. The molecule has 0 aromatic carbocycles. The minimum Gasteiger partial charge on any atom is -0.308 e. The van der Waals surface area contributed by atoms with Gasteiger partial charge in [-0.3, -0.25) is 9.36 Å². The van der Waals surface area contributed by atoms with Gasteiger partial charge in [0, 0.05) is 12.7 Å². The average molecular weight is 376 g/mol. The number of thioether (sulfide) groups is 1. The van der Waals surface area contributed by atoms with Crippen LogP contribution in [0, 0.1) is 0 Å². The third-order valence-electron chi connectivity index (χ3n) is 2.87. The Morgan fingerprint density at radius 3 is 2.91 bits per heavy atom. The molecule has 124 valence electrons. The Balaban J connectivity index is 2.07. The first-order valence-corrected chi connectivity index (χ1v) is 8.49. The third-order valence-corrected chi connectivity index (χ3v) is 4.46. The molecule has 23 heavy (non-hydrogen) atoms. The van der Waals surface area contributed by atoms with Crippen molar-refractivity contribution >= 4 is 46.7 Å². The van der Waals surface area contributed by atoms with Crippen LogP contribution in [0.15, 0.2) is 22.2 Å².